The van der Waals surface area contributed by atoms with Gasteiger partial charge in [-0.2, -0.15) is 10.2 Å². The monoisotopic (exact) mass is 539 g/mol. The van der Waals surface area contributed by atoms with Crippen molar-refractivity contribution in [2.75, 3.05) is 18.1 Å². The molecule has 2 aliphatic rings. The highest BCUT2D eigenvalue weighted by atomic mass is 35.5. The Balaban J connectivity index is 1.57. The van der Waals surface area contributed by atoms with Gasteiger partial charge in [0.25, 0.3) is 5.91 Å². The average Bonchev–Trinajstić information content (AvgIpc) is 3.71. The molecule has 2 aliphatic heterocycles. The fourth-order valence-corrected chi connectivity index (χ4v) is 6.06. The molecule has 0 bridgehead atoms. The minimum Gasteiger partial charge on any atom is -0.381 e. The van der Waals surface area contributed by atoms with Gasteiger partial charge in [-0.25, -0.2) is 9.50 Å². The molecule has 0 radical (unpaired) electrons. The zero-order valence-corrected chi connectivity index (χ0v) is 21.9. The number of aromatic nitrogens is 5. The zero-order valence-electron chi connectivity index (χ0n) is 21.1. The van der Waals surface area contributed by atoms with Crippen LogP contribution in [0.15, 0.2) is 60.9 Å². The van der Waals surface area contributed by atoms with Gasteiger partial charge in [-0.3, -0.25) is 9.89 Å². The Morgan fingerprint density at radius 2 is 1.82 bits per heavy atom. The summed E-state index contributed by atoms with van der Waals surface area (Å²) in [5, 5.41) is 12.6. The van der Waals surface area contributed by atoms with Crippen LogP contribution in [0, 0.1) is 0 Å². The lowest BCUT2D eigenvalue weighted by atomic mass is 9.91. The van der Waals surface area contributed by atoms with Gasteiger partial charge in [0.15, 0.2) is 11.3 Å². The number of nitrogens with two attached hydrogens (primary N) is 1. The Morgan fingerprint density at radius 3 is 2.49 bits per heavy atom. The molecular weight excluding hydrogens is 514 g/mol. The number of fused-ring (bicyclic) bond motifs is 2. The van der Waals surface area contributed by atoms with E-state index in [4.69, 9.17) is 32.2 Å². The average molecular weight is 540 g/mol. The van der Waals surface area contributed by atoms with E-state index < -0.39 is 5.91 Å². The number of primary amides is 1. The number of rotatable bonds is 5. The molecule has 5 heterocycles. The van der Waals surface area contributed by atoms with Crippen LogP contribution in [-0.2, 0) is 17.8 Å². The van der Waals surface area contributed by atoms with Gasteiger partial charge in [-0.1, -0.05) is 48.0 Å². The first-order chi connectivity index (χ1) is 19.1. The molecule has 10 heteroatoms. The Labute approximate surface area is 229 Å². The van der Waals surface area contributed by atoms with E-state index in [1.807, 2.05) is 30.5 Å². The Hall–Kier alpha value is -4.21. The van der Waals surface area contributed by atoms with E-state index in [0.717, 1.165) is 46.6 Å². The fourth-order valence-electron chi connectivity index (χ4n) is 5.87. The Morgan fingerprint density at radius 1 is 1.05 bits per heavy atom. The topological polar surface area (TPSA) is 114 Å². The summed E-state index contributed by atoms with van der Waals surface area (Å²) in [4.78, 5) is 20.3. The lowest BCUT2D eigenvalue weighted by Gasteiger charge is -2.25. The van der Waals surface area contributed by atoms with Crippen LogP contribution in [0.1, 0.15) is 45.9 Å². The number of nitrogens with one attached hydrogen (secondary N) is 1. The van der Waals surface area contributed by atoms with Gasteiger partial charge in [-0.15, -0.1) is 0 Å². The van der Waals surface area contributed by atoms with Gasteiger partial charge in [0, 0.05) is 48.6 Å². The summed E-state index contributed by atoms with van der Waals surface area (Å²) in [6.45, 7) is 2.65. The van der Waals surface area contributed by atoms with Crippen molar-refractivity contribution in [3.63, 3.8) is 0 Å². The maximum atomic E-state index is 12.8. The first-order valence-corrected chi connectivity index (χ1v) is 13.4. The lowest BCUT2D eigenvalue weighted by molar-refractivity contribution is 0.0847. The van der Waals surface area contributed by atoms with E-state index in [9.17, 15) is 4.79 Å². The maximum absolute atomic E-state index is 12.8. The largest absolute Gasteiger partial charge is 0.381 e. The number of ether oxygens (including phenoxy) is 1. The maximum Gasteiger partial charge on any atom is 0.269 e. The van der Waals surface area contributed by atoms with Gasteiger partial charge >= 0.3 is 0 Å². The molecule has 0 saturated carbocycles. The predicted octanol–water partition coefficient (Wildman–Crippen LogP) is 4.95. The SMILES string of the molecule is NC(=O)c1nn2c(-c3cn[nH]c3)c(-c3cccc(Cl)c3)c(N3Cc4ccccc4C3)nc2c1C1CCOCC1. The molecule has 0 aliphatic carbocycles. The molecule has 0 atom stereocenters. The van der Waals surface area contributed by atoms with E-state index in [1.54, 1.807) is 10.7 Å². The first kappa shape index (κ1) is 23.9. The third kappa shape index (κ3) is 4.05. The molecule has 1 amide bonds. The molecule has 0 unspecified atom stereocenters. The second-order valence-electron chi connectivity index (χ2n) is 10.0. The Bertz CT molecular complexity index is 1680. The number of hydrogen-bond donors (Lipinski definition) is 2. The number of hydrogen-bond acceptors (Lipinski definition) is 6. The van der Waals surface area contributed by atoms with Crippen molar-refractivity contribution in [3.8, 4) is 22.4 Å². The van der Waals surface area contributed by atoms with Crippen molar-refractivity contribution in [2.45, 2.75) is 31.8 Å². The van der Waals surface area contributed by atoms with Crippen LogP contribution in [0.3, 0.4) is 0 Å². The normalized spacial score (nSPS) is 15.7. The van der Waals surface area contributed by atoms with Crippen molar-refractivity contribution in [1.82, 2.24) is 24.8 Å². The molecule has 3 N–H and O–H groups in total. The highest BCUT2D eigenvalue weighted by molar-refractivity contribution is 6.30. The van der Waals surface area contributed by atoms with Crippen molar-refractivity contribution >= 4 is 29.0 Å². The van der Waals surface area contributed by atoms with E-state index >= 15 is 0 Å². The van der Waals surface area contributed by atoms with Crippen LogP contribution in [0.25, 0.3) is 28.0 Å². The minimum absolute atomic E-state index is 0.0593. The van der Waals surface area contributed by atoms with Crippen LogP contribution in [0.5, 0.6) is 0 Å². The molecule has 39 heavy (non-hydrogen) atoms. The number of aromatic amines is 1. The zero-order chi connectivity index (χ0) is 26.5. The molecular formula is C29H26ClN7O2. The number of carbonyl (C=O) groups excluding carboxylic acids is 1. The van der Waals surface area contributed by atoms with E-state index in [-0.39, 0.29) is 11.6 Å². The van der Waals surface area contributed by atoms with Gasteiger partial charge < -0.3 is 15.4 Å². The summed E-state index contributed by atoms with van der Waals surface area (Å²) in [5.74, 6) is 0.282. The second kappa shape index (κ2) is 9.52. The van der Waals surface area contributed by atoms with Crippen LogP contribution < -0.4 is 10.6 Å². The number of benzene rings is 2. The number of halogens is 1. The van der Waals surface area contributed by atoms with Gasteiger partial charge in [0.1, 0.15) is 5.82 Å². The number of amides is 1. The van der Waals surface area contributed by atoms with Crippen molar-refractivity contribution in [2.24, 2.45) is 5.73 Å². The number of nitrogens with zero attached hydrogens (tertiary/aromatic N) is 5. The molecule has 2 aromatic carbocycles. The molecule has 0 spiro atoms. The molecule has 1 saturated heterocycles. The Kier molecular flexibility index (Phi) is 5.82. The third-order valence-electron chi connectivity index (χ3n) is 7.67. The summed E-state index contributed by atoms with van der Waals surface area (Å²) in [6.07, 6.45) is 5.12. The lowest BCUT2D eigenvalue weighted by Crippen LogP contribution is -2.20. The third-order valence-corrected chi connectivity index (χ3v) is 7.90. The first-order valence-electron chi connectivity index (χ1n) is 13.0. The summed E-state index contributed by atoms with van der Waals surface area (Å²) >= 11 is 6.50. The quantitative estimate of drug-likeness (QED) is 0.326. The van der Waals surface area contributed by atoms with Gasteiger partial charge in [0.2, 0.25) is 0 Å². The molecule has 196 valence electrons. The second-order valence-corrected chi connectivity index (χ2v) is 10.5. The standard InChI is InChI=1S/C29H26ClN7O2/c30-22-7-3-6-18(12-22)24-26(21-13-32-33-14-21)37-29(23(25(35-37)27(31)38)17-8-10-39-11-9-17)34-28(24)36-15-19-4-1-2-5-20(19)16-36/h1-7,12-14,17H,8-11,15-16H2,(H2,31,38)(H,32,33). The summed E-state index contributed by atoms with van der Waals surface area (Å²) in [7, 11) is 0. The minimum atomic E-state index is -0.570. The predicted molar refractivity (Wildman–Crippen MR) is 149 cm³/mol. The molecule has 1 fully saturated rings. The van der Waals surface area contributed by atoms with E-state index in [2.05, 4.69) is 39.4 Å². The summed E-state index contributed by atoms with van der Waals surface area (Å²) in [6, 6.07) is 16.2. The van der Waals surface area contributed by atoms with Gasteiger partial charge in [0.05, 0.1) is 17.5 Å². The van der Waals surface area contributed by atoms with E-state index in [0.29, 0.717) is 37.0 Å². The van der Waals surface area contributed by atoms with Crippen LogP contribution >= 0.6 is 11.6 Å². The van der Waals surface area contributed by atoms with Crippen molar-refractivity contribution in [1.29, 1.82) is 0 Å². The smallest absolute Gasteiger partial charge is 0.269 e. The van der Waals surface area contributed by atoms with Crippen LogP contribution in [0.4, 0.5) is 5.82 Å². The number of carbonyl (C=O) groups is 1. The summed E-state index contributed by atoms with van der Waals surface area (Å²) in [5.41, 5.74) is 13.4. The highest BCUT2D eigenvalue weighted by Crippen LogP contribution is 2.44. The molecule has 5 aromatic rings. The van der Waals surface area contributed by atoms with Crippen LogP contribution in [0.2, 0.25) is 5.02 Å². The molecule has 3 aromatic heterocycles. The van der Waals surface area contributed by atoms with E-state index in [1.165, 1.54) is 11.1 Å². The van der Waals surface area contributed by atoms with Gasteiger partial charge in [-0.05, 0) is 47.6 Å². The fraction of sp³-hybridized carbons (Fsp3) is 0.241. The molecule has 7 rings (SSSR count). The molecule has 9 nitrogen and oxygen atoms in total. The number of H-pyrrole nitrogens is 1. The number of anilines is 1. The highest BCUT2D eigenvalue weighted by Gasteiger charge is 2.33. The van der Waals surface area contributed by atoms with Crippen molar-refractivity contribution in [3.05, 3.63) is 88.3 Å². The van der Waals surface area contributed by atoms with Crippen molar-refractivity contribution < 1.29 is 9.53 Å². The summed E-state index contributed by atoms with van der Waals surface area (Å²) < 4.78 is 7.39. The van der Waals surface area contributed by atoms with Crippen LogP contribution in [-0.4, -0.2) is 43.9 Å².